The van der Waals surface area contributed by atoms with Crippen LogP contribution in [0.4, 0.5) is 10.8 Å². The summed E-state index contributed by atoms with van der Waals surface area (Å²) < 4.78 is 11.0. The number of hydrogen-bond donors (Lipinski definition) is 1. The van der Waals surface area contributed by atoms with Crippen molar-refractivity contribution in [1.82, 2.24) is 10.2 Å². The maximum atomic E-state index is 11.4. The average molecular weight is 339 g/mol. The zero-order valence-corrected chi connectivity index (χ0v) is 14.2. The van der Waals surface area contributed by atoms with Crippen LogP contribution in [0.1, 0.15) is 13.8 Å². The summed E-state index contributed by atoms with van der Waals surface area (Å²) in [5.41, 5.74) is 0.832. The second-order valence-corrected chi connectivity index (χ2v) is 6.78. The molecule has 2 aromatic rings. The molecule has 1 heterocycles. The van der Waals surface area contributed by atoms with Crippen LogP contribution >= 0.6 is 23.1 Å². The molecule has 118 valence electrons. The smallest absolute Gasteiger partial charge is 0.318 e. The van der Waals surface area contributed by atoms with Crippen molar-refractivity contribution < 1.29 is 14.3 Å². The molecule has 1 aromatic heterocycles. The molecule has 0 spiro atoms. The van der Waals surface area contributed by atoms with Crippen LogP contribution in [0, 0.1) is 0 Å². The molecule has 0 aliphatic carbocycles. The van der Waals surface area contributed by atoms with E-state index in [9.17, 15) is 4.79 Å². The minimum Gasteiger partial charge on any atom is -0.492 e. The lowest BCUT2D eigenvalue weighted by molar-refractivity contribution is -0.139. The molecule has 22 heavy (non-hydrogen) atoms. The zero-order valence-electron chi connectivity index (χ0n) is 12.5. The van der Waals surface area contributed by atoms with E-state index < -0.39 is 0 Å². The van der Waals surface area contributed by atoms with Crippen molar-refractivity contribution >= 4 is 39.9 Å². The molecule has 0 bridgehead atoms. The zero-order chi connectivity index (χ0) is 15.9. The molecule has 0 saturated heterocycles. The summed E-state index contributed by atoms with van der Waals surface area (Å²) in [5.74, 6) is 0.480. The quantitative estimate of drug-likeness (QED) is 0.612. The number of carbonyl (C=O) groups excluding carboxylic acids is 1. The first-order chi connectivity index (χ1) is 10.6. The number of para-hydroxylation sites is 2. The van der Waals surface area contributed by atoms with Crippen LogP contribution in [-0.2, 0) is 9.53 Å². The monoisotopic (exact) mass is 339 g/mol. The molecule has 0 radical (unpaired) electrons. The molecule has 0 aliphatic rings. The lowest BCUT2D eigenvalue weighted by Crippen LogP contribution is -2.14. The first-order valence-electron chi connectivity index (χ1n) is 6.71. The van der Waals surface area contributed by atoms with Crippen LogP contribution in [0.2, 0.25) is 0 Å². The number of thioether (sulfide) groups is 1. The van der Waals surface area contributed by atoms with Crippen molar-refractivity contribution in [2.75, 3.05) is 19.0 Å². The van der Waals surface area contributed by atoms with E-state index in [0.29, 0.717) is 16.1 Å². The highest BCUT2D eigenvalue weighted by Gasteiger charge is 2.17. The Morgan fingerprint density at radius 3 is 2.91 bits per heavy atom. The van der Waals surface area contributed by atoms with Gasteiger partial charge in [0.25, 0.3) is 0 Å². The van der Waals surface area contributed by atoms with E-state index in [4.69, 9.17) is 9.47 Å². The van der Waals surface area contributed by atoms with Gasteiger partial charge in [-0.15, -0.1) is 10.2 Å². The molecule has 0 aliphatic heterocycles. The Labute approximate surface area is 137 Å². The summed E-state index contributed by atoms with van der Waals surface area (Å²) in [6.07, 6.45) is 0. The number of ether oxygens (including phenoxy) is 2. The highest BCUT2D eigenvalue weighted by atomic mass is 32.2. The van der Waals surface area contributed by atoms with Gasteiger partial charge in [0.05, 0.1) is 19.4 Å². The second kappa shape index (κ2) is 8.00. The van der Waals surface area contributed by atoms with Crippen molar-refractivity contribution in [1.29, 1.82) is 0 Å². The van der Waals surface area contributed by atoms with Gasteiger partial charge in [0.2, 0.25) is 5.13 Å². The lowest BCUT2D eigenvalue weighted by atomic mass is 10.3. The maximum Gasteiger partial charge on any atom is 0.318 e. The predicted octanol–water partition coefficient (Wildman–Crippen LogP) is 3.33. The predicted molar refractivity (Wildman–Crippen MR) is 88.1 cm³/mol. The van der Waals surface area contributed by atoms with Crippen LogP contribution in [0.15, 0.2) is 28.6 Å². The summed E-state index contributed by atoms with van der Waals surface area (Å²) >= 11 is 2.70. The highest BCUT2D eigenvalue weighted by Crippen LogP contribution is 2.33. The lowest BCUT2D eigenvalue weighted by Gasteiger charge is -2.09. The first kappa shape index (κ1) is 16.6. The van der Waals surface area contributed by atoms with Crippen molar-refractivity contribution in [3.8, 4) is 5.75 Å². The number of anilines is 2. The van der Waals surface area contributed by atoms with Crippen molar-refractivity contribution in [3.63, 3.8) is 0 Å². The molecule has 0 saturated carbocycles. The summed E-state index contributed by atoms with van der Waals surface area (Å²) in [7, 11) is 1.37. The number of aromatic nitrogens is 2. The summed E-state index contributed by atoms with van der Waals surface area (Å²) in [6.45, 7) is 4.30. The van der Waals surface area contributed by atoms with Crippen LogP contribution < -0.4 is 10.1 Å². The summed E-state index contributed by atoms with van der Waals surface area (Å²) in [6, 6.07) is 7.63. The van der Waals surface area contributed by atoms with Gasteiger partial charge in [0.1, 0.15) is 11.0 Å². The van der Waals surface area contributed by atoms with E-state index in [1.165, 1.54) is 30.2 Å². The number of nitrogens with zero attached hydrogens (tertiary/aromatic N) is 2. The minimum absolute atomic E-state index is 0.281. The third-order valence-electron chi connectivity index (χ3n) is 2.65. The van der Waals surface area contributed by atoms with Gasteiger partial charge in [-0.1, -0.05) is 35.2 Å². The van der Waals surface area contributed by atoms with Gasteiger partial charge < -0.3 is 14.8 Å². The van der Waals surface area contributed by atoms with Gasteiger partial charge in [0, 0.05) is 0 Å². The van der Waals surface area contributed by atoms with E-state index in [2.05, 4.69) is 15.5 Å². The van der Waals surface area contributed by atoms with E-state index >= 15 is 0 Å². The van der Waals surface area contributed by atoms with E-state index in [1.54, 1.807) is 6.92 Å². The maximum absolute atomic E-state index is 11.4. The normalized spacial score (nSPS) is 11.8. The molecule has 0 amide bonds. The number of benzene rings is 1. The number of carbonyl (C=O) groups is 1. The second-order valence-electron chi connectivity index (χ2n) is 4.21. The number of hydrogen-bond acceptors (Lipinski definition) is 8. The van der Waals surface area contributed by atoms with E-state index in [0.717, 1.165) is 11.4 Å². The molecule has 1 atom stereocenters. The van der Waals surface area contributed by atoms with Gasteiger partial charge in [-0.2, -0.15) is 0 Å². The van der Waals surface area contributed by atoms with Crippen LogP contribution in [0.25, 0.3) is 0 Å². The largest absolute Gasteiger partial charge is 0.492 e. The topological polar surface area (TPSA) is 73.3 Å². The van der Waals surface area contributed by atoms with Gasteiger partial charge in [-0.25, -0.2) is 0 Å². The van der Waals surface area contributed by atoms with E-state index in [-0.39, 0.29) is 11.2 Å². The first-order valence-corrected chi connectivity index (χ1v) is 8.40. The average Bonchev–Trinajstić information content (AvgIpc) is 2.95. The Balaban J connectivity index is 2.05. The van der Waals surface area contributed by atoms with Gasteiger partial charge >= 0.3 is 5.97 Å². The Hall–Kier alpha value is -1.80. The number of nitrogens with one attached hydrogen (secondary N) is 1. The number of esters is 1. The standard InChI is InChI=1S/C14H17N3O3S2/c1-4-20-11-8-6-5-7-10(11)15-13-16-17-14(22-13)21-9(2)12(18)19-3/h5-9H,4H2,1-3H3,(H,15,16). The summed E-state index contributed by atoms with van der Waals surface area (Å²) in [4.78, 5) is 11.4. The van der Waals surface area contributed by atoms with Crippen LogP contribution in [0.3, 0.4) is 0 Å². The van der Waals surface area contributed by atoms with E-state index in [1.807, 2.05) is 31.2 Å². The van der Waals surface area contributed by atoms with Crippen molar-refractivity contribution in [2.45, 2.75) is 23.4 Å². The van der Waals surface area contributed by atoms with Gasteiger partial charge in [-0.05, 0) is 26.0 Å². The molecular formula is C14H17N3O3S2. The highest BCUT2D eigenvalue weighted by molar-refractivity contribution is 8.02. The summed E-state index contributed by atoms with van der Waals surface area (Å²) in [5, 5.41) is 11.7. The minimum atomic E-state index is -0.318. The van der Waals surface area contributed by atoms with Gasteiger partial charge in [0.15, 0.2) is 4.34 Å². The fourth-order valence-corrected chi connectivity index (χ4v) is 3.57. The van der Waals surface area contributed by atoms with Crippen LogP contribution in [0.5, 0.6) is 5.75 Å². The molecule has 1 aromatic carbocycles. The Kier molecular flexibility index (Phi) is 6.02. The van der Waals surface area contributed by atoms with Crippen LogP contribution in [-0.4, -0.2) is 35.1 Å². The molecule has 8 heteroatoms. The SMILES string of the molecule is CCOc1ccccc1Nc1nnc(SC(C)C(=O)OC)s1. The molecule has 1 N–H and O–H groups in total. The number of methoxy groups -OCH3 is 1. The molecule has 0 fully saturated rings. The Morgan fingerprint density at radius 2 is 2.18 bits per heavy atom. The molecule has 1 unspecified atom stereocenters. The van der Waals surface area contributed by atoms with Gasteiger partial charge in [-0.3, -0.25) is 4.79 Å². The fourth-order valence-electron chi connectivity index (χ4n) is 1.64. The third-order valence-corrected chi connectivity index (χ3v) is 4.65. The molecule has 2 rings (SSSR count). The molecule has 6 nitrogen and oxygen atoms in total. The molecular weight excluding hydrogens is 322 g/mol. The fraction of sp³-hybridized carbons (Fsp3) is 0.357. The van der Waals surface area contributed by atoms with Crippen molar-refractivity contribution in [3.05, 3.63) is 24.3 Å². The Morgan fingerprint density at radius 1 is 1.41 bits per heavy atom. The third kappa shape index (κ3) is 4.35. The van der Waals surface area contributed by atoms with Crippen molar-refractivity contribution in [2.24, 2.45) is 0 Å². The Bertz CT molecular complexity index is 633. The number of rotatable bonds is 7.